The number of phenols is 1. The van der Waals surface area contributed by atoms with Gasteiger partial charge in [-0.25, -0.2) is 0 Å². The SMILES string of the molecule is COc1ccc(N=Cc2ccc(Cl)cc2)c(O)c1. The number of rotatable bonds is 3. The molecule has 0 spiro atoms. The zero-order valence-electron chi connectivity index (χ0n) is 9.80. The number of ether oxygens (including phenoxy) is 1. The molecule has 0 fully saturated rings. The van der Waals surface area contributed by atoms with Gasteiger partial charge in [0, 0.05) is 17.3 Å². The van der Waals surface area contributed by atoms with Crippen molar-refractivity contribution in [3.63, 3.8) is 0 Å². The molecule has 0 aliphatic carbocycles. The molecule has 0 amide bonds. The van der Waals surface area contributed by atoms with Crippen LogP contribution in [0.1, 0.15) is 5.56 Å². The van der Waals surface area contributed by atoms with E-state index in [-0.39, 0.29) is 5.75 Å². The zero-order valence-corrected chi connectivity index (χ0v) is 10.6. The summed E-state index contributed by atoms with van der Waals surface area (Å²) in [5.41, 5.74) is 1.40. The third kappa shape index (κ3) is 3.02. The summed E-state index contributed by atoms with van der Waals surface area (Å²) in [7, 11) is 1.55. The molecule has 1 N–H and O–H groups in total. The topological polar surface area (TPSA) is 41.8 Å². The average Bonchev–Trinajstić information content (AvgIpc) is 2.39. The molecular formula is C14H12ClNO2. The van der Waals surface area contributed by atoms with Crippen LogP contribution in [0.25, 0.3) is 0 Å². The van der Waals surface area contributed by atoms with E-state index in [4.69, 9.17) is 16.3 Å². The number of hydrogen-bond acceptors (Lipinski definition) is 3. The lowest BCUT2D eigenvalue weighted by Crippen LogP contribution is -1.82. The fraction of sp³-hybridized carbons (Fsp3) is 0.0714. The van der Waals surface area contributed by atoms with Crippen LogP contribution < -0.4 is 4.74 Å². The Morgan fingerprint density at radius 1 is 1.17 bits per heavy atom. The van der Waals surface area contributed by atoms with Gasteiger partial charge in [0.2, 0.25) is 0 Å². The second-order valence-electron chi connectivity index (χ2n) is 3.66. The minimum Gasteiger partial charge on any atom is -0.506 e. The first kappa shape index (κ1) is 12.5. The molecule has 0 unspecified atom stereocenters. The van der Waals surface area contributed by atoms with Gasteiger partial charge < -0.3 is 9.84 Å². The van der Waals surface area contributed by atoms with E-state index < -0.39 is 0 Å². The molecule has 4 heteroatoms. The van der Waals surface area contributed by atoms with Gasteiger partial charge in [-0.15, -0.1) is 0 Å². The minimum atomic E-state index is 0.0829. The molecule has 0 saturated carbocycles. The fourth-order valence-corrected chi connectivity index (χ4v) is 1.56. The van der Waals surface area contributed by atoms with Crippen molar-refractivity contribution in [3.05, 3.63) is 53.1 Å². The van der Waals surface area contributed by atoms with Crippen LogP contribution in [0.3, 0.4) is 0 Å². The number of aliphatic imine (C=N–C) groups is 1. The van der Waals surface area contributed by atoms with E-state index in [1.165, 1.54) is 6.07 Å². The Bertz CT molecular complexity index is 565. The second-order valence-corrected chi connectivity index (χ2v) is 4.10. The summed E-state index contributed by atoms with van der Waals surface area (Å²) in [6.07, 6.45) is 1.66. The van der Waals surface area contributed by atoms with Gasteiger partial charge in [0.1, 0.15) is 17.2 Å². The number of hydrogen-bond donors (Lipinski definition) is 1. The Labute approximate surface area is 110 Å². The van der Waals surface area contributed by atoms with Crippen molar-refractivity contribution in [2.75, 3.05) is 7.11 Å². The highest BCUT2D eigenvalue weighted by Gasteiger charge is 2.00. The number of halogens is 1. The Morgan fingerprint density at radius 3 is 2.50 bits per heavy atom. The highest BCUT2D eigenvalue weighted by molar-refractivity contribution is 6.30. The maximum atomic E-state index is 9.73. The smallest absolute Gasteiger partial charge is 0.144 e. The van der Waals surface area contributed by atoms with E-state index in [1.807, 2.05) is 12.1 Å². The van der Waals surface area contributed by atoms with E-state index in [9.17, 15) is 5.11 Å². The van der Waals surface area contributed by atoms with E-state index in [0.29, 0.717) is 16.5 Å². The summed E-state index contributed by atoms with van der Waals surface area (Å²) in [6.45, 7) is 0. The molecule has 0 bridgehead atoms. The third-order valence-corrected chi connectivity index (χ3v) is 2.66. The Hall–Kier alpha value is -2.00. The largest absolute Gasteiger partial charge is 0.506 e. The van der Waals surface area contributed by atoms with E-state index in [2.05, 4.69) is 4.99 Å². The van der Waals surface area contributed by atoms with Crippen LogP contribution in [0, 0.1) is 0 Å². The van der Waals surface area contributed by atoms with Crippen molar-refractivity contribution < 1.29 is 9.84 Å². The Balaban J connectivity index is 2.20. The van der Waals surface area contributed by atoms with E-state index >= 15 is 0 Å². The first-order valence-electron chi connectivity index (χ1n) is 5.35. The summed E-state index contributed by atoms with van der Waals surface area (Å²) < 4.78 is 5.00. The number of aromatic hydroxyl groups is 1. The first-order chi connectivity index (χ1) is 8.69. The van der Waals surface area contributed by atoms with Crippen LogP contribution in [-0.4, -0.2) is 18.4 Å². The van der Waals surface area contributed by atoms with Crippen molar-refractivity contribution in [1.29, 1.82) is 0 Å². The summed E-state index contributed by atoms with van der Waals surface area (Å²) in [5.74, 6) is 0.678. The molecule has 0 aliphatic rings. The third-order valence-electron chi connectivity index (χ3n) is 2.41. The Morgan fingerprint density at radius 2 is 1.89 bits per heavy atom. The van der Waals surface area contributed by atoms with Gasteiger partial charge in [-0.1, -0.05) is 23.7 Å². The predicted octanol–water partition coefficient (Wildman–Crippen LogP) is 3.80. The Kier molecular flexibility index (Phi) is 3.85. The molecule has 0 aromatic heterocycles. The summed E-state index contributed by atoms with van der Waals surface area (Å²) in [5, 5.41) is 10.4. The van der Waals surface area contributed by atoms with Gasteiger partial charge in [0.25, 0.3) is 0 Å². The van der Waals surface area contributed by atoms with Gasteiger partial charge in [-0.3, -0.25) is 4.99 Å². The van der Waals surface area contributed by atoms with Gasteiger partial charge >= 0.3 is 0 Å². The maximum absolute atomic E-state index is 9.73. The van der Waals surface area contributed by atoms with Gasteiger partial charge in [0.15, 0.2) is 0 Å². The molecule has 92 valence electrons. The van der Waals surface area contributed by atoms with Crippen molar-refractivity contribution >= 4 is 23.5 Å². The lowest BCUT2D eigenvalue weighted by molar-refractivity contribution is 0.408. The summed E-state index contributed by atoms with van der Waals surface area (Å²) in [4.78, 5) is 4.21. The number of nitrogens with zero attached hydrogens (tertiary/aromatic N) is 1. The molecule has 0 heterocycles. The molecule has 2 rings (SSSR count). The molecule has 0 saturated heterocycles. The standard InChI is InChI=1S/C14H12ClNO2/c1-18-12-6-7-13(14(17)8-12)16-9-10-2-4-11(15)5-3-10/h2-9,17H,1H3. The maximum Gasteiger partial charge on any atom is 0.144 e. The van der Waals surface area contributed by atoms with Crippen molar-refractivity contribution in [2.24, 2.45) is 4.99 Å². The molecule has 2 aromatic rings. The molecule has 18 heavy (non-hydrogen) atoms. The summed E-state index contributed by atoms with van der Waals surface area (Å²) in [6, 6.07) is 12.2. The van der Waals surface area contributed by atoms with Crippen LogP contribution in [0.5, 0.6) is 11.5 Å². The van der Waals surface area contributed by atoms with E-state index in [0.717, 1.165) is 5.56 Å². The zero-order chi connectivity index (χ0) is 13.0. The first-order valence-corrected chi connectivity index (χ1v) is 5.73. The second kappa shape index (κ2) is 5.56. The lowest BCUT2D eigenvalue weighted by atomic mass is 10.2. The molecule has 0 atom stereocenters. The van der Waals surface area contributed by atoms with Gasteiger partial charge in [-0.2, -0.15) is 0 Å². The highest BCUT2D eigenvalue weighted by atomic mass is 35.5. The number of phenolic OH excluding ortho intramolecular Hbond substituents is 1. The van der Waals surface area contributed by atoms with Gasteiger partial charge in [-0.05, 0) is 29.8 Å². The lowest BCUT2D eigenvalue weighted by Gasteiger charge is -2.02. The van der Waals surface area contributed by atoms with Crippen LogP contribution in [0.2, 0.25) is 5.02 Å². The minimum absolute atomic E-state index is 0.0829. The van der Waals surface area contributed by atoms with Gasteiger partial charge in [0.05, 0.1) is 7.11 Å². The van der Waals surface area contributed by atoms with Crippen LogP contribution in [-0.2, 0) is 0 Å². The number of benzene rings is 2. The highest BCUT2D eigenvalue weighted by Crippen LogP contribution is 2.30. The van der Waals surface area contributed by atoms with Crippen molar-refractivity contribution in [2.45, 2.75) is 0 Å². The van der Waals surface area contributed by atoms with Crippen LogP contribution >= 0.6 is 11.6 Å². The monoisotopic (exact) mass is 261 g/mol. The molecular weight excluding hydrogens is 250 g/mol. The van der Waals surface area contributed by atoms with E-state index in [1.54, 1.807) is 37.6 Å². The number of methoxy groups -OCH3 is 1. The quantitative estimate of drug-likeness (QED) is 0.854. The van der Waals surface area contributed by atoms with Crippen LogP contribution in [0.4, 0.5) is 5.69 Å². The van der Waals surface area contributed by atoms with Crippen molar-refractivity contribution in [3.8, 4) is 11.5 Å². The molecule has 0 radical (unpaired) electrons. The fourth-order valence-electron chi connectivity index (χ4n) is 1.43. The predicted molar refractivity (Wildman–Crippen MR) is 73.4 cm³/mol. The molecule has 0 aliphatic heterocycles. The summed E-state index contributed by atoms with van der Waals surface area (Å²) >= 11 is 5.79. The molecule has 3 nitrogen and oxygen atoms in total. The van der Waals surface area contributed by atoms with Crippen molar-refractivity contribution in [1.82, 2.24) is 0 Å². The average molecular weight is 262 g/mol. The normalized spacial score (nSPS) is 10.8. The molecule has 2 aromatic carbocycles. The van der Waals surface area contributed by atoms with Crippen LogP contribution in [0.15, 0.2) is 47.5 Å².